The summed E-state index contributed by atoms with van der Waals surface area (Å²) in [5, 5.41) is 2.62. The van der Waals surface area contributed by atoms with Gasteiger partial charge in [-0.1, -0.05) is 30.9 Å². The maximum absolute atomic E-state index is 13.5. The van der Waals surface area contributed by atoms with Gasteiger partial charge in [-0.3, -0.25) is 0 Å². The number of nitrogens with one attached hydrogen (secondary N) is 1. The van der Waals surface area contributed by atoms with E-state index in [0.717, 1.165) is 5.56 Å². The van der Waals surface area contributed by atoms with E-state index in [-0.39, 0.29) is 12.2 Å². The third-order valence-corrected chi connectivity index (χ3v) is 2.79. The van der Waals surface area contributed by atoms with Crippen LogP contribution in [0, 0.1) is 17.5 Å². The molecule has 0 aromatic heterocycles. The number of anilines is 1. The lowest BCUT2D eigenvalue weighted by Crippen LogP contribution is -2.06. The average Bonchev–Trinajstić information content (AvgIpc) is 2.45. The van der Waals surface area contributed by atoms with E-state index >= 15 is 0 Å². The molecule has 0 spiro atoms. The Kier molecular flexibility index (Phi) is 4.87. The third-order valence-electron chi connectivity index (χ3n) is 2.79. The van der Waals surface area contributed by atoms with E-state index in [1.165, 1.54) is 0 Å². The minimum absolute atomic E-state index is 0.146. The van der Waals surface area contributed by atoms with Crippen LogP contribution in [0.5, 0.6) is 5.75 Å². The van der Waals surface area contributed by atoms with E-state index in [9.17, 15) is 13.2 Å². The quantitative estimate of drug-likeness (QED) is 0.803. The summed E-state index contributed by atoms with van der Waals surface area (Å²) < 4.78 is 45.3. The molecule has 5 heteroatoms. The topological polar surface area (TPSA) is 21.3 Å². The Morgan fingerprint density at radius 3 is 2.43 bits per heavy atom. The monoisotopic (exact) mass is 293 g/mol. The number of hydrogen-bond donors (Lipinski definition) is 1. The van der Waals surface area contributed by atoms with E-state index in [0.29, 0.717) is 24.5 Å². The zero-order valence-electron chi connectivity index (χ0n) is 11.2. The molecule has 0 fully saturated rings. The fourth-order valence-electron chi connectivity index (χ4n) is 1.83. The molecule has 0 radical (unpaired) electrons. The van der Waals surface area contributed by atoms with Crippen molar-refractivity contribution in [3.63, 3.8) is 0 Å². The van der Waals surface area contributed by atoms with Crippen LogP contribution in [-0.2, 0) is 6.54 Å². The molecule has 2 rings (SSSR count). The Bertz CT molecular complexity index is 620. The van der Waals surface area contributed by atoms with Gasteiger partial charge in [0.1, 0.15) is 23.9 Å². The molecule has 0 heterocycles. The van der Waals surface area contributed by atoms with Gasteiger partial charge >= 0.3 is 0 Å². The molecule has 21 heavy (non-hydrogen) atoms. The second-order valence-electron chi connectivity index (χ2n) is 4.31. The summed E-state index contributed by atoms with van der Waals surface area (Å²) in [6.45, 7) is 4.03. The second kappa shape index (κ2) is 6.83. The van der Waals surface area contributed by atoms with Crippen LogP contribution in [0.2, 0.25) is 0 Å². The minimum atomic E-state index is -0.975. The first-order valence-electron chi connectivity index (χ1n) is 6.32. The normalized spacial score (nSPS) is 10.2. The van der Waals surface area contributed by atoms with E-state index in [1.54, 1.807) is 30.3 Å². The van der Waals surface area contributed by atoms with Crippen LogP contribution in [0.25, 0.3) is 0 Å². The Hall–Kier alpha value is -2.43. The second-order valence-corrected chi connectivity index (χ2v) is 4.31. The van der Waals surface area contributed by atoms with Crippen LogP contribution in [0.15, 0.2) is 49.1 Å². The van der Waals surface area contributed by atoms with Crippen molar-refractivity contribution in [1.29, 1.82) is 0 Å². The van der Waals surface area contributed by atoms with E-state index in [4.69, 9.17) is 4.74 Å². The third kappa shape index (κ3) is 3.78. The van der Waals surface area contributed by atoms with Crippen LogP contribution in [0.4, 0.5) is 18.9 Å². The van der Waals surface area contributed by atoms with Gasteiger partial charge in [0.25, 0.3) is 0 Å². The SMILES string of the molecule is C=CCOc1ccccc1CNc1c(F)cc(F)cc1F. The van der Waals surface area contributed by atoms with Gasteiger partial charge in [-0.05, 0) is 6.07 Å². The van der Waals surface area contributed by atoms with Crippen LogP contribution >= 0.6 is 0 Å². The molecular formula is C16H14F3NO. The minimum Gasteiger partial charge on any atom is -0.489 e. The van der Waals surface area contributed by atoms with Crippen molar-refractivity contribution in [2.45, 2.75) is 6.54 Å². The molecule has 110 valence electrons. The molecule has 0 aliphatic heterocycles. The Morgan fingerprint density at radius 2 is 1.76 bits per heavy atom. The van der Waals surface area contributed by atoms with Gasteiger partial charge < -0.3 is 10.1 Å². The molecule has 0 atom stereocenters. The molecule has 0 saturated heterocycles. The fourth-order valence-corrected chi connectivity index (χ4v) is 1.83. The lowest BCUT2D eigenvalue weighted by atomic mass is 10.2. The molecular weight excluding hydrogens is 279 g/mol. The molecule has 0 saturated carbocycles. The molecule has 2 nitrogen and oxygen atoms in total. The first-order valence-corrected chi connectivity index (χ1v) is 6.32. The van der Waals surface area contributed by atoms with Gasteiger partial charge in [-0.25, -0.2) is 13.2 Å². The van der Waals surface area contributed by atoms with Gasteiger partial charge in [0.15, 0.2) is 11.6 Å². The molecule has 0 unspecified atom stereocenters. The first-order chi connectivity index (χ1) is 10.1. The Labute approximate surface area is 120 Å². The number of benzene rings is 2. The summed E-state index contributed by atoms with van der Waals surface area (Å²) >= 11 is 0. The smallest absolute Gasteiger partial charge is 0.152 e. The molecule has 0 aliphatic rings. The molecule has 0 amide bonds. The van der Waals surface area contributed by atoms with Crippen molar-refractivity contribution < 1.29 is 17.9 Å². The first kappa shape index (κ1) is 15.0. The molecule has 1 N–H and O–H groups in total. The van der Waals surface area contributed by atoms with Gasteiger partial charge in [-0.15, -0.1) is 0 Å². The maximum Gasteiger partial charge on any atom is 0.152 e. The van der Waals surface area contributed by atoms with Crippen molar-refractivity contribution >= 4 is 5.69 Å². The number of hydrogen-bond acceptors (Lipinski definition) is 2. The molecule has 2 aromatic rings. The predicted octanol–water partition coefficient (Wildman–Crippen LogP) is 4.28. The zero-order chi connectivity index (χ0) is 15.2. The average molecular weight is 293 g/mol. The fraction of sp³-hybridized carbons (Fsp3) is 0.125. The highest BCUT2D eigenvalue weighted by Crippen LogP contribution is 2.23. The number of para-hydroxylation sites is 1. The summed E-state index contributed by atoms with van der Waals surface area (Å²) in [5.74, 6) is -2.31. The van der Waals surface area contributed by atoms with Gasteiger partial charge in [0, 0.05) is 24.2 Å². The summed E-state index contributed by atoms with van der Waals surface area (Å²) in [6, 6.07) is 8.36. The van der Waals surface area contributed by atoms with E-state index < -0.39 is 17.5 Å². The molecule has 0 aliphatic carbocycles. The highest BCUT2D eigenvalue weighted by atomic mass is 19.1. The van der Waals surface area contributed by atoms with Crippen molar-refractivity contribution in [2.24, 2.45) is 0 Å². The van der Waals surface area contributed by atoms with E-state index in [2.05, 4.69) is 11.9 Å². The van der Waals surface area contributed by atoms with Crippen molar-refractivity contribution in [3.05, 3.63) is 72.1 Å². The van der Waals surface area contributed by atoms with Gasteiger partial charge in [0.05, 0.1) is 0 Å². The van der Waals surface area contributed by atoms with E-state index in [1.807, 2.05) is 0 Å². The molecule has 0 bridgehead atoms. The molecule has 2 aromatic carbocycles. The number of rotatable bonds is 6. The van der Waals surface area contributed by atoms with Crippen molar-refractivity contribution in [1.82, 2.24) is 0 Å². The van der Waals surface area contributed by atoms with Gasteiger partial charge in [0.2, 0.25) is 0 Å². The largest absolute Gasteiger partial charge is 0.489 e. The lowest BCUT2D eigenvalue weighted by Gasteiger charge is -2.12. The number of ether oxygens (including phenoxy) is 1. The number of halogens is 3. The van der Waals surface area contributed by atoms with Crippen LogP contribution in [0.1, 0.15) is 5.56 Å². The standard InChI is InChI=1S/C16H14F3NO/c1-2-7-21-15-6-4-3-5-11(15)10-20-16-13(18)8-12(17)9-14(16)19/h2-6,8-9,20H,1,7,10H2. The summed E-state index contributed by atoms with van der Waals surface area (Å²) in [6.07, 6.45) is 1.60. The van der Waals surface area contributed by atoms with Crippen LogP contribution < -0.4 is 10.1 Å². The van der Waals surface area contributed by atoms with Crippen LogP contribution in [-0.4, -0.2) is 6.61 Å². The zero-order valence-corrected chi connectivity index (χ0v) is 11.2. The highest BCUT2D eigenvalue weighted by molar-refractivity contribution is 5.48. The Morgan fingerprint density at radius 1 is 1.10 bits per heavy atom. The summed E-state index contributed by atoms with van der Waals surface area (Å²) in [7, 11) is 0. The maximum atomic E-state index is 13.5. The van der Waals surface area contributed by atoms with Crippen LogP contribution in [0.3, 0.4) is 0 Å². The van der Waals surface area contributed by atoms with Crippen molar-refractivity contribution in [3.8, 4) is 5.75 Å². The highest BCUT2D eigenvalue weighted by Gasteiger charge is 2.12. The predicted molar refractivity (Wildman–Crippen MR) is 75.8 cm³/mol. The summed E-state index contributed by atoms with van der Waals surface area (Å²) in [4.78, 5) is 0. The van der Waals surface area contributed by atoms with Gasteiger partial charge in [-0.2, -0.15) is 0 Å². The van der Waals surface area contributed by atoms with Crippen molar-refractivity contribution in [2.75, 3.05) is 11.9 Å². The lowest BCUT2D eigenvalue weighted by molar-refractivity contribution is 0.359. The Balaban J connectivity index is 2.15. The summed E-state index contributed by atoms with van der Waals surface area (Å²) in [5.41, 5.74) is 0.359.